The molecule has 518 valence electrons. The molecule has 6 heterocycles. The zero-order chi connectivity index (χ0) is 67.5. The summed E-state index contributed by atoms with van der Waals surface area (Å²) in [6.07, 6.45) is 6.97. The van der Waals surface area contributed by atoms with Crippen LogP contribution >= 0.6 is 0 Å². The lowest BCUT2D eigenvalue weighted by molar-refractivity contribution is -0.584. The van der Waals surface area contributed by atoms with Crippen molar-refractivity contribution in [2.75, 3.05) is 14.2 Å². The number of ketones is 1. The molecule has 29 atom stereocenters. The quantitative estimate of drug-likeness (QED) is 0.0322. The first-order valence-corrected chi connectivity index (χ1v) is 34.3. The number of alkyl carbamates (subject to hydrolysis) is 1. The number of amides is 1. The summed E-state index contributed by atoms with van der Waals surface area (Å²) in [7, 11) is 2.54. The van der Waals surface area contributed by atoms with Crippen LogP contribution in [0.2, 0.25) is 0 Å². The number of nitro groups is 1. The number of carbonyl (C=O) groups is 5. The van der Waals surface area contributed by atoms with Crippen molar-refractivity contribution in [2.24, 2.45) is 64.6 Å². The number of Topliss-reactive ketones (excluding diaryl/α,β-unsaturated/α-hetero) is 1. The molecular weight excluding hydrogens is 1200 g/mol. The second-order valence-electron chi connectivity index (χ2n) is 29.7. The number of hydrogen-bond donors (Lipinski definition) is 1. The summed E-state index contributed by atoms with van der Waals surface area (Å²) < 4.78 is 83.3. The number of nitrogens with one attached hydrogen (secondary N) is 1. The number of aldehydes is 1. The minimum Gasteiger partial charge on any atom is -0.469 e. The van der Waals surface area contributed by atoms with Crippen molar-refractivity contribution in [1.29, 1.82) is 0 Å². The normalized spacial score (nSPS) is 47.4. The molecule has 6 aliphatic heterocycles. The Labute approximate surface area is 548 Å². The van der Waals surface area contributed by atoms with Gasteiger partial charge in [0.05, 0.1) is 81.7 Å². The van der Waals surface area contributed by atoms with Crippen LogP contribution in [0.15, 0.2) is 58.2 Å². The van der Waals surface area contributed by atoms with Gasteiger partial charge in [-0.2, -0.15) is 0 Å². The monoisotopic (exact) mass is 1300 g/mol. The van der Waals surface area contributed by atoms with Crippen molar-refractivity contribution in [1.82, 2.24) is 5.32 Å². The van der Waals surface area contributed by atoms with E-state index in [0.717, 1.165) is 30.3 Å². The number of allylic oxidation sites excluding steroid dienone is 3. The van der Waals surface area contributed by atoms with Gasteiger partial charge in [-0.25, -0.2) is 9.59 Å². The van der Waals surface area contributed by atoms with Crippen LogP contribution < -0.4 is 5.32 Å². The first-order valence-electron chi connectivity index (χ1n) is 34.3. The van der Waals surface area contributed by atoms with Crippen molar-refractivity contribution in [3.05, 3.63) is 68.4 Å². The average Bonchev–Trinajstić information content (AvgIpc) is 1.70. The number of fused-ring (bicyclic) bond motifs is 3. The molecule has 1 N–H and O–H groups in total. The smallest absolute Gasteiger partial charge is 0.407 e. The van der Waals surface area contributed by atoms with Crippen molar-refractivity contribution < 1.29 is 90.5 Å². The van der Waals surface area contributed by atoms with Gasteiger partial charge in [-0.15, -0.1) is 0 Å². The molecule has 93 heavy (non-hydrogen) atoms. The molecule has 6 fully saturated rings. The van der Waals surface area contributed by atoms with Gasteiger partial charge >= 0.3 is 18.0 Å². The van der Waals surface area contributed by atoms with Crippen molar-refractivity contribution in [3.63, 3.8) is 0 Å². The zero-order valence-electron chi connectivity index (χ0n) is 57.7. The van der Waals surface area contributed by atoms with E-state index < -0.39 is 125 Å². The number of rotatable bonds is 14. The standard InChI is InChI=1S/C71H104N2O20/c1-34-19-24-55(83-42(34)9)91-62-40(7)29-56(86-45(62)12)89-52-23-25-54(84-43(52)10)90-53-30-57(85-44(11)60(53)66(76)81-16)92-63-39(6)26-38(5)61-48(63)20-21-49-35(2)18-22-51(88-58-32-69(14,73(79)80)64(46(13)87-58)72-68(78)82-17)37(4)28-50-36(3)27-47(33-74)31-71(50)41(8)59(67(77)93-71)65(75)70(49,61)15/h18,20-21,27-28,33-34,36,38-40,42-46,48-58,60-64H,19,22-26,29-32H2,1-17H3,(H,72,78)/b35-18+,37-28+. The summed E-state index contributed by atoms with van der Waals surface area (Å²) in [4.78, 5) is 82.9. The van der Waals surface area contributed by atoms with E-state index in [1.807, 2.05) is 60.6 Å². The fourth-order valence-electron chi connectivity index (χ4n) is 18.1. The van der Waals surface area contributed by atoms with Gasteiger partial charge in [0.1, 0.15) is 29.4 Å². The van der Waals surface area contributed by atoms with Crippen LogP contribution in [0.3, 0.4) is 0 Å². The summed E-state index contributed by atoms with van der Waals surface area (Å²) in [6, 6.07) is -1.05. The van der Waals surface area contributed by atoms with Gasteiger partial charge in [0.2, 0.25) is 5.54 Å². The lowest BCUT2D eigenvalue weighted by Gasteiger charge is -2.56. The molecule has 29 unspecified atom stereocenters. The first kappa shape index (κ1) is 71.0. The molecule has 10 rings (SSSR count). The summed E-state index contributed by atoms with van der Waals surface area (Å²) >= 11 is 0. The Hall–Kier alpha value is -4.75. The van der Waals surface area contributed by atoms with E-state index in [2.05, 4.69) is 58.2 Å². The molecule has 5 saturated heterocycles. The van der Waals surface area contributed by atoms with Crippen molar-refractivity contribution >= 4 is 30.1 Å². The molecule has 22 nitrogen and oxygen atoms in total. The Balaban J connectivity index is 0.904. The van der Waals surface area contributed by atoms with Crippen LogP contribution in [-0.2, 0) is 80.8 Å². The molecule has 1 amide bonds. The van der Waals surface area contributed by atoms with Crippen LogP contribution in [0.25, 0.3) is 0 Å². The summed E-state index contributed by atoms with van der Waals surface area (Å²) in [6.45, 7) is 29.3. The number of nitrogens with zero attached hydrogens (tertiary/aromatic N) is 1. The Morgan fingerprint density at radius 1 is 0.667 bits per heavy atom. The number of ether oxygens (including phenoxy) is 13. The third-order valence-corrected chi connectivity index (χ3v) is 23.4. The number of esters is 2. The molecule has 4 aliphatic carbocycles. The van der Waals surface area contributed by atoms with Gasteiger partial charge in [0.25, 0.3) is 0 Å². The Morgan fingerprint density at radius 2 is 1.30 bits per heavy atom. The molecule has 2 bridgehead atoms. The van der Waals surface area contributed by atoms with Gasteiger partial charge in [-0.1, -0.05) is 77.5 Å². The summed E-state index contributed by atoms with van der Waals surface area (Å²) in [5, 5.41) is 15.6. The summed E-state index contributed by atoms with van der Waals surface area (Å²) in [5.41, 5.74) is -2.01. The molecule has 0 aromatic heterocycles. The number of methoxy groups -OCH3 is 2. The topological polar surface area (TPSA) is 261 Å². The third kappa shape index (κ3) is 13.8. The van der Waals surface area contributed by atoms with Crippen LogP contribution in [0.5, 0.6) is 0 Å². The summed E-state index contributed by atoms with van der Waals surface area (Å²) in [5.74, 6) is -4.12. The van der Waals surface area contributed by atoms with Crippen LogP contribution in [0.1, 0.15) is 168 Å². The minimum atomic E-state index is -1.72. The van der Waals surface area contributed by atoms with E-state index in [4.69, 9.17) is 61.6 Å². The predicted octanol–water partition coefficient (Wildman–Crippen LogP) is 10.5. The predicted molar refractivity (Wildman–Crippen MR) is 338 cm³/mol. The molecule has 22 heteroatoms. The Bertz CT molecular complexity index is 2950. The fourth-order valence-corrected chi connectivity index (χ4v) is 18.1. The maximum Gasteiger partial charge on any atom is 0.407 e. The molecule has 10 aliphatic rings. The van der Waals surface area contributed by atoms with E-state index in [1.54, 1.807) is 13.8 Å². The molecule has 0 radical (unpaired) electrons. The van der Waals surface area contributed by atoms with Crippen molar-refractivity contribution in [3.8, 4) is 0 Å². The fraction of sp³-hybridized carbons (Fsp3) is 0.789. The van der Waals surface area contributed by atoms with Gasteiger partial charge in [0, 0.05) is 60.7 Å². The number of carbonyl (C=O) groups excluding carboxylic acids is 5. The lowest BCUT2D eigenvalue weighted by atomic mass is 9.48. The molecular formula is C71H104N2O20. The van der Waals surface area contributed by atoms with Gasteiger partial charge in [0.15, 0.2) is 37.2 Å². The van der Waals surface area contributed by atoms with Gasteiger partial charge in [-0.05, 0) is 140 Å². The first-order chi connectivity index (χ1) is 44.0. The Morgan fingerprint density at radius 3 is 1.97 bits per heavy atom. The zero-order valence-corrected chi connectivity index (χ0v) is 57.7. The molecule has 0 aromatic carbocycles. The van der Waals surface area contributed by atoms with E-state index in [0.29, 0.717) is 42.7 Å². The largest absolute Gasteiger partial charge is 0.469 e. The highest BCUT2D eigenvalue weighted by Crippen LogP contribution is 2.60. The number of hydrogen-bond acceptors (Lipinski definition) is 20. The second kappa shape index (κ2) is 28.4. The van der Waals surface area contributed by atoms with Crippen LogP contribution in [-0.4, -0.2) is 159 Å². The van der Waals surface area contributed by atoms with Gasteiger partial charge < -0.3 is 66.9 Å². The highest BCUT2D eigenvalue weighted by Gasteiger charge is 2.64. The highest BCUT2D eigenvalue weighted by molar-refractivity contribution is 6.22. The molecule has 1 saturated carbocycles. The molecule has 1 spiro atoms. The lowest BCUT2D eigenvalue weighted by Crippen LogP contribution is -2.65. The van der Waals surface area contributed by atoms with E-state index >= 15 is 4.79 Å². The van der Waals surface area contributed by atoms with Crippen molar-refractivity contribution in [2.45, 2.75) is 278 Å². The maximum atomic E-state index is 16.4. The third-order valence-electron chi connectivity index (χ3n) is 23.4. The van der Waals surface area contributed by atoms with Gasteiger partial charge in [-0.3, -0.25) is 24.5 Å². The van der Waals surface area contributed by atoms with Crippen LogP contribution in [0.4, 0.5) is 4.79 Å². The SMILES string of the molecule is COC(=O)NC1C(C)OC(OC2C/C=C(\C)C3C=CC4C(OC5CC(OC6CCC(OC7CC(C)C(OC8CCC(C)C(C)O8)C(C)O7)C(C)O6)C(C(=O)OC)C(C)O5)C(C)CC(C)C4C3(C)C(=O)C3=C(C)C4(CC(C=O)=CC(C)C4/C=C/2C)OC3=O)CC1(C)[N+](=O)[O-]. The minimum absolute atomic E-state index is 0.0236. The highest BCUT2D eigenvalue weighted by atomic mass is 16.7. The Kier molecular flexibility index (Phi) is 21.7. The van der Waals surface area contributed by atoms with E-state index in [-0.39, 0.29) is 103 Å². The second-order valence-corrected chi connectivity index (χ2v) is 29.7. The average molecular weight is 1310 g/mol. The van der Waals surface area contributed by atoms with E-state index in [1.165, 1.54) is 21.1 Å². The van der Waals surface area contributed by atoms with E-state index in [9.17, 15) is 29.3 Å². The molecule has 0 aromatic rings. The van der Waals surface area contributed by atoms with Crippen LogP contribution in [0, 0.1) is 74.7 Å². The maximum absolute atomic E-state index is 16.4.